The predicted octanol–water partition coefficient (Wildman–Crippen LogP) is 2.33. The second-order valence-corrected chi connectivity index (χ2v) is 8.14. The SMILES string of the molecule is CC(C)(C)c1nnc(N2CCC(NC(=O)C3CC3)CC2)s1. The third-order valence-electron chi connectivity index (χ3n) is 4.12. The Bertz CT molecular complexity index is 510. The Balaban J connectivity index is 1.53. The fourth-order valence-electron chi connectivity index (χ4n) is 2.53. The van der Waals surface area contributed by atoms with Crippen LogP contribution in [0.15, 0.2) is 0 Å². The molecule has 6 heteroatoms. The van der Waals surface area contributed by atoms with Crippen LogP contribution < -0.4 is 10.2 Å². The summed E-state index contributed by atoms with van der Waals surface area (Å²) in [5.74, 6) is 0.569. The van der Waals surface area contributed by atoms with Gasteiger partial charge in [0, 0.05) is 30.5 Å². The van der Waals surface area contributed by atoms with Gasteiger partial charge in [-0.15, -0.1) is 10.2 Å². The first-order chi connectivity index (χ1) is 9.93. The van der Waals surface area contributed by atoms with Crippen LogP contribution in [0, 0.1) is 5.92 Å². The molecule has 5 nitrogen and oxygen atoms in total. The lowest BCUT2D eigenvalue weighted by Gasteiger charge is -2.31. The van der Waals surface area contributed by atoms with Crippen molar-refractivity contribution in [1.82, 2.24) is 15.5 Å². The van der Waals surface area contributed by atoms with Crippen LogP contribution in [0.3, 0.4) is 0 Å². The first-order valence-corrected chi connectivity index (χ1v) is 8.64. The second-order valence-electron chi connectivity index (χ2n) is 7.18. The van der Waals surface area contributed by atoms with Crippen molar-refractivity contribution in [2.75, 3.05) is 18.0 Å². The molecule has 0 bridgehead atoms. The highest BCUT2D eigenvalue weighted by molar-refractivity contribution is 7.15. The summed E-state index contributed by atoms with van der Waals surface area (Å²) >= 11 is 1.69. The first kappa shape index (κ1) is 14.8. The molecule has 1 aromatic heterocycles. The lowest BCUT2D eigenvalue weighted by Crippen LogP contribution is -2.45. The van der Waals surface area contributed by atoms with Gasteiger partial charge in [-0.25, -0.2) is 0 Å². The van der Waals surface area contributed by atoms with E-state index in [1.54, 1.807) is 11.3 Å². The zero-order valence-electron chi connectivity index (χ0n) is 13.1. The van der Waals surface area contributed by atoms with Gasteiger partial charge in [0.25, 0.3) is 0 Å². The molecule has 0 atom stereocenters. The minimum Gasteiger partial charge on any atom is -0.353 e. The molecule has 0 spiro atoms. The van der Waals surface area contributed by atoms with Crippen molar-refractivity contribution in [3.05, 3.63) is 5.01 Å². The zero-order chi connectivity index (χ0) is 15.0. The van der Waals surface area contributed by atoms with E-state index >= 15 is 0 Å². The molecule has 1 amide bonds. The topological polar surface area (TPSA) is 58.1 Å². The number of amides is 1. The molecule has 0 radical (unpaired) electrons. The average molecular weight is 308 g/mol. The molecule has 0 unspecified atom stereocenters. The fourth-order valence-corrected chi connectivity index (χ4v) is 3.48. The van der Waals surface area contributed by atoms with Crippen LogP contribution in [0.1, 0.15) is 51.5 Å². The van der Waals surface area contributed by atoms with Crippen molar-refractivity contribution in [2.24, 2.45) is 5.92 Å². The van der Waals surface area contributed by atoms with Gasteiger partial charge in [-0.2, -0.15) is 0 Å². The number of anilines is 1. The number of hydrogen-bond acceptors (Lipinski definition) is 5. The molecule has 1 aliphatic heterocycles. The van der Waals surface area contributed by atoms with Crippen LogP contribution in [0.5, 0.6) is 0 Å². The standard InChI is InChI=1S/C15H24N4OS/c1-15(2,3)13-17-18-14(21-13)19-8-6-11(7-9-19)16-12(20)10-4-5-10/h10-11H,4-9H2,1-3H3,(H,16,20). The van der Waals surface area contributed by atoms with Gasteiger partial charge < -0.3 is 10.2 Å². The monoisotopic (exact) mass is 308 g/mol. The Labute approximate surface area is 130 Å². The van der Waals surface area contributed by atoms with Crippen LogP contribution in [0.2, 0.25) is 0 Å². The third kappa shape index (κ3) is 3.54. The summed E-state index contributed by atoms with van der Waals surface area (Å²) in [4.78, 5) is 14.1. The molecule has 1 saturated heterocycles. The maximum atomic E-state index is 11.8. The molecule has 116 valence electrons. The van der Waals surface area contributed by atoms with E-state index in [4.69, 9.17) is 0 Å². The molecule has 1 aromatic rings. The van der Waals surface area contributed by atoms with Gasteiger partial charge in [-0.3, -0.25) is 4.79 Å². The van der Waals surface area contributed by atoms with E-state index in [1.165, 1.54) is 0 Å². The number of aromatic nitrogens is 2. The smallest absolute Gasteiger partial charge is 0.223 e. The van der Waals surface area contributed by atoms with Gasteiger partial charge >= 0.3 is 0 Å². The van der Waals surface area contributed by atoms with E-state index in [9.17, 15) is 4.79 Å². The summed E-state index contributed by atoms with van der Waals surface area (Å²) in [5.41, 5.74) is 0.0620. The lowest BCUT2D eigenvalue weighted by atomic mass is 9.98. The van der Waals surface area contributed by atoms with Gasteiger partial charge in [0.15, 0.2) is 0 Å². The molecule has 1 aliphatic carbocycles. The molecular formula is C15H24N4OS. The maximum absolute atomic E-state index is 11.8. The van der Waals surface area contributed by atoms with Gasteiger partial charge in [0.2, 0.25) is 11.0 Å². The van der Waals surface area contributed by atoms with Crippen molar-refractivity contribution in [2.45, 2.75) is 57.9 Å². The average Bonchev–Trinajstić information content (AvgIpc) is 3.15. The van der Waals surface area contributed by atoms with Gasteiger partial charge in [0.1, 0.15) is 5.01 Å². The number of nitrogens with zero attached hydrogens (tertiary/aromatic N) is 3. The van der Waals surface area contributed by atoms with Gasteiger partial charge in [-0.1, -0.05) is 32.1 Å². The number of piperidine rings is 1. The van der Waals surface area contributed by atoms with Gasteiger partial charge in [0.05, 0.1) is 0 Å². The minimum atomic E-state index is 0.0620. The molecule has 1 saturated carbocycles. The summed E-state index contributed by atoms with van der Waals surface area (Å²) < 4.78 is 0. The highest BCUT2D eigenvalue weighted by Crippen LogP contribution is 2.32. The van der Waals surface area contributed by atoms with Crippen LogP contribution in [0.25, 0.3) is 0 Å². The van der Waals surface area contributed by atoms with Crippen molar-refractivity contribution < 1.29 is 4.79 Å². The van der Waals surface area contributed by atoms with E-state index in [0.29, 0.717) is 12.0 Å². The number of carbonyl (C=O) groups is 1. The number of carbonyl (C=O) groups excluding carboxylic acids is 1. The third-order valence-corrected chi connectivity index (χ3v) is 5.53. The Morgan fingerprint density at radius 2 is 1.86 bits per heavy atom. The molecule has 2 fully saturated rings. The Hall–Kier alpha value is -1.17. The van der Waals surface area contributed by atoms with Crippen molar-refractivity contribution in [3.63, 3.8) is 0 Å². The second kappa shape index (κ2) is 5.55. The molecule has 2 aliphatic rings. The summed E-state index contributed by atoms with van der Waals surface area (Å²) in [6, 6.07) is 0.337. The molecule has 0 aromatic carbocycles. The highest BCUT2D eigenvalue weighted by atomic mass is 32.1. The van der Waals surface area contributed by atoms with Crippen LogP contribution in [-0.2, 0) is 10.2 Å². The molecule has 1 N–H and O–H groups in total. The van der Waals surface area contributed by atoms with Crippen LogP contribution in [-0.4, -0.2) is 35.2 Å². The number of hydrogen-bond donors (Lipinski definition) is 1. The zero-order valence-corrected chi connectivity index (χ0v) is 13.9. The Morgan fingerprint density at radius 1 is 1.19 bits per heavy atom. The first-order valence-electron chi connectivity index (χ1n) is 7.83. The van der Waals surface area contributed by atoms with Crippen molar-refractivity contribution >= 4 is 22.4 Å². The highest BCUT2D eigenvalue weighted by Gasteiger charge is 2.32. The van der Waals surface area contributed by atoms with Crippen molar-refractivity contribution in [1.29, 1.82) is 0 Å². The van der Waals surface area contributed by atoms with Crippen molar-refractivity contribution in [3.8, 4) is 0 Å². The summed E-state index contributed by atoms with van der Waals surface area (Å²) in [6.45, 7) is 8.40. The van der Waals surface area contributed by atoms with Crippen LogP contribution in [0.4, 0.5) is 5.13 Å². The van der Waals surface area contributed by atoms with E-state index in [1.807, 2.05) is 0 Å². The molecule has 21 heavy (non-hydrogen) atoms. The van der Waals surface area contributed by atoms with Gasteiger partial charge in [-0.05, 0) is 25.7 Å². The Morgan fingerprint density at radius 3 is 2.38 bits per heavy atom. The van der Waals surface area contributed by atoms with E-state index < -0.39 is 0 Å². The van der Waals surface area contributed by atoms with E-state index in [0.717, 1.165) is 48.9 Å². The molecule has 3 rings (SSSR count). The largest absolute Gasteiger partial charge is 0.353 e. The lowest BCUT2D eigenvalue weighted by molar-refractivity contribution is -0.123. The molecular weight excluding hydrogens is 284 g/mol. The minimum absolute atomic E-state index is 0.0620. The fraction of sp³-hybridized carbons (Fsp3) is 0.800. The number of nitrogens with one attached hydrogen (secondary N) is 1. The van der Waals surface area contributed by atoms with E-state index in [-0.39, 0.29) is 11.3 Å². The van der Waals surface area contributed by atoms with E-state index in [2.05, 4.69) is 41.2 Å². The summed E-state index contributed by atoms with van der Waals surface area (Å²) in [5, 5.41) is 13.9. The summed E-state index contributed by atoms with van der Waals surface area (Å²) in [6.07, 6.45) is 4.15. The quantitative estimate of drug-likeness (QED) is 0.931. The predicted molar refractivity (Wildman–Crippen MR) is 84.7 cm³/mol. The Kier molecular flexibility index (Phi) is 3.90. The number of rotatable bonds is 3. The van der Waals surface area contributed by atoms with Crippen LogP contribution >= 0.6 is 11.3 Å². The normalized spacial score (nSPS) is 20.6. The summed E-state index contributed by atoms with van der Waals surface area (Å²) in [7, 11) is 0. The molecule has 2 heterocycles. The maximum Gasteiger partial charge on any atom is 0.223 e.